The maximum atomic E-state index is 11.4. The van der Waals surface area contributed by atoms with Crippen LogP contribution in [-0.2, 0) is 9.59 Å². The fourth-order valence-electron chi connectivity index (χ4n) is 1.95. The molecule has 0 fully saturated rings. The summed E-state index contributed by atoms with van der Waals surface area (Å²) in [6, 6.07) is 0. The van der Waals surface area contributed by atoms with E-state index in [1.165, 1.54) is 32.1 Å². The first kappa shape index (κ1) is 23.0. The zero-order valence-corrected chi connectivity index (χ0v) is 16.4. The van der Waals surface area contributed by atoms with Crippen LogP contribution in [0.15, 0.2) is 0 Å². The van der Waals surface area contributed by atoms with E-state index in [4.69, 9.17) is 0 Å². The normalized spacial score (nSPS) is 13.3. The van der Waals surface area contributed by atoms with Crippen LogP contribution in [0.5, 0.6) is 0 Å². The van der Waals surface area contributed by atoms with Gasteiger partial charge in [-0.25, -0.2) is 0 Å². The summed E-state index contributed by atoms with van der Waals surface area (Å²) in [4.78, 5) is 22.0. The molecule has 0 heterocycles. The fourth-order valence-corrected chi connectivity index (χ4v) is 1.95. The Morgan fingerprint density at radius 1 is 0.950 bits per heavy atom. The number of carboxylic acids is 1. The number of Topliss-reactive ketones (excluding diaryl/α,β-unsaturated/α-hetero) is 1. The maximum Gasteiger partial charge on any atom is 1.00 e. The van der Waals surface area contributed by atoms with Crippen molar-refractivity contribution >= 4 is 11.8 Å². The molecule has 0 saturated carbocycles. The second-order valence-corrected chi connectivity index (χ2v) is 5.36. The van der Waals surface area contributed by atoms with Gasteiger partial charge in [0, 0.05) is 6.42 Å². The van der Waals surface area contributed by atoms with Crippen molar-refractivity contribution < 1.29 is 71.2 Å². The third kappa shape index (κ3) is 10.5. The van der Waals surface area contributed by atoms with E-state index in [0.717, 1.165) is 26.2 Å². The van der Waals surface area contributed by atoms with E-state index in [1.807, 2.05) is 0 Å². The molecule has 0 aliphatic rings. The molecule has 0 rings (SSSR count). The summed E-state index contributed by atoms with van der Waals surface area (Å²) in [5.74, 6) is -2.37. The Morgan fingerprint density at radius 2 is 1.35 bits per heavy atom. The van der Waals surface area contributed by atoms with Crippen molar-refractivity contribution in [1.29, 1.82) is 0 Å². The summed E-state index contributed by atoms with van der Waals surface area (Å²) in [6.07, 6.45) is 10.2. The Hall–Kier alpha value is 0.736. The molecule has 4 nitrogen and oxygen atoms in total. The number of unbranched alkanes of at least 4 members (excludes halogenated alkanes) is 8. The maximum absolute atomic E-state index is 11.4. The molecule has 5 heteroatoms. The van der Waals surface area contributed by atoms with Gasteiger partial charge in [0.25, 0.3) is 0 Å². The molecule has 20 heavy (non-hydrogen) atoms. The van der Waals surface area contributed by atoms with Gasteiger partial charge in [-0.2, -0.15) is 0 Å². The van der Waals surface area contributed by atoms with E-state index < -0.39 is 17.4 Å². The molecule has 0 saturated heterocycles. The standard InChI is InChI=1S/C15H28O4.K/c1-3-4-5-6-7-8-9-10-11-12-13(16)15(2,19)14(17)18;/h19H,3-12H2,1-2H3,(H,17,18);/q;+1/p-1. The third-order valence-corrected chi connectivity index (χ3v) is 3.45. The molecular weight excluding hydrogens is 283 g/mol. The summed E-state index contributed by atoms with van der Waals surface area (Å²) in [5.41, 5.74) is -2.33. The molecule has 0 aromatic rings. The second-order valence-electron chi connectivity index (χ2n) is 5.36. The Morgan fingerprint density at radius 3 is 1.75 bits per heavy atom. The van der Waals surface area contributed by atoms with Crippen LogP contribution in [0.25, 0.3) is 0 Å². The average molecular weight is 310 g/mol. The first-order valence-electron chi connectivity index (χ1n) is 7.40. The van der Waals surface area contributed by atoms with Crippen molar-refractivity contribution in [3.8, 4) is 0 Å². The molecule has 0 spiro atoms. The van der Waals surface area contributed by atoms with Crippen molar-refractivity contribution in [3.63, 3.8) is 0 Å². The van der Waals surface area contributed by atoms with Crippen LogP contribution in [0, 0.1) is 0 Å². The quantitative estimate of drug-likeness (QED) is 0.284. The zero-order valence-electron chi connectivity index (χ0n) is 13.2. The topological polar surface area (TPSA) is 77.4 Å². The molecule has 0 radical (unpaired) electrons. The number of hydrogen-bond acceptors (Lipinski definition) is 4. The first-order valence-corrected chi connectivity index (χ1v) is 7.40. The van der Waals surface area contributed by atoms with Gasteiger partial charge in [-0.05, 0) is 13.3 Å². The largest absolute Gasteiger partial charge is 1.00 e. The summed E-state index contributed by atoms with van der Waals surface area (Å²) in [7, 11) is 0. The van der Waals surface area contributed by atoms with E-state index in [0.29, 0.717) is 6.42 Å². The van der Waals surface area contributed by atoms with Crippen LogP contribution in [0.2, 0.25) is 0 Å². The number of carbonyl (C=O) groups excluding carboxylic acids is 2. The van der Waals surface area contributed by atoms with Gasteiger partial charge in [-0.3, -0.25) is 4.79 Å². The van der Waals surface area contributed by atoms with Crippen LogP contribution in [-0.4, -0.2) is 22.5 Å². The van der Waals surface area contributed by atoms with E-state index in [2.05, 4.69) is 6.92 Å². The van der Waals surface area contributed by atoms with Gasteiger partial charge < -0.3 is 15.0 Å². The number of aliphatic hydroxyl groups is 1. The average Bonchev–Trinajstić information content (AvgIpc) is 2.36. The molecule has 0 bridgehead atoms. The van der Waals surface area contributed by atoms with E-state index in [-0.39, 0.29) is 57.8 Å². The molecule has 0 aromatic carbocycles. The molecule has 0 aliphatic carbocycles. The molecule has 112 valence electrons. The van der Waals surface area contributed by atoms with Crippen LogP contribution >= 0.6 is 0 Å². The minimum absolute atomic E-state index is 0. The Balaban J connectivity index is 0. The molecule has 1 atom stereocenters. The van der Waals surface area contributed by atoms with Gasteiger partial charge >= 0.3 is 51.4 Å². The number of hydrogen-bond donors (Lipinski definition) is 1. The van der Waals surface area contributed by atoms with Gasteiger partial charge in [0.15, 0.2) is 11.4 Å². The minimum Gasteiger partial charge on any atom is -0.547 e. The molecule has 1 unspecified atom stereocenters. The second kappa shape index (κ2) is 13.4. The number of rotatable bonds is 12. The predicted octanol–water partition coefficient (Wildman–Crippen LogP) is -1.02. The van der Waals surface area contributed by atoms with Crippen molar-refractivity contribution in [2.24, 2.45) is 0 Å². The minimum atomic E-state index is -2.33. The zero-order chi connectivity index (χ0) is 14.7. The van der Waals surface area contributed by atoms with Crippen LogP contribution < -0.4 is 56.5 Å². The van der Waals surface area contributed by atoms with Gasteiger partial charge in [0.05, 0.1) is 5.97 Å². The van der Waals surface area contributed by atoms with Crippen LogP contribution in [0.1, 0.15) is 78.1 Å². The molecule has 0 aromatic heterocycles. The summed E-state index contributed by atoms with van der Waals surface area (Å²) in [5, 5.41) is 19.9. The summed E-state index contributed by atoms with van der Waals surface area (Å²) < 4.78 is 0. The van der Waals surface area contributed by atoms with Gasteiger partial charge in [-0.1, -0.05) is 58.3 Å². The SMILES string of the molecule is CCCCCCCCCCCC(=O)C(C)(O)C(=O)[O-].[K+]. The summed E-state index contributed by atoms with van der Waals surface area (Å²) >= 11 is 0. The van der Waals surface area contributed by atoms with Gasteiger partial charge in [-0.15, -0.1) is 0 Å². The Labute approximate surface area is 165 Å². The Bertz CT molecular complexity index is 277. The van der Waals surface area contributed by atoms with Crippen LogP contribution in [0.4, 0.5) is 0 Å². The smallest absolute Gasteiger partial charge is 0.547 e. The monoisotopic (exact) mass is 310 g/mol. The number of carboxylic acid groups (broad SMARTS) is 1. The van der Waals surface area contributed by atoms with Crippen molar-refractivity contribution in [2.45, 2.75) is 83.7 Å². The van der Waals surface area contributed by atoms with Crippen molar-refractivity contribution in [3.05, 3.63) is 0 Å². The van der Waals surface area contributed by atoms with E-state index in [1.54, 1.807) is 0 Å². The van der Waals surface area contributed by atoms with Crippen LogP contribution in [0.3, 0.4) is 0 Å². The third-order valence-electron chi connectivity index (χ3n) is 3.45. The summed E-state index contributed by atoms with van der Waals surface area (Å²) in [6.45, 7) is 3.18. The Kier molecular flexibility index (Phi) is 15.4. The van der Waals surface area contributed by atoms with Crippen molar-refractivity contribution in [2.75, 3.05) is 0 Å². The number of aliphatic carboxylic acids is 1. The molecule has 1 N–H and O–H groups in total. The van der Waals surface area contributed by atoms with E-state index >= 15 is 0 Å². The number of ketones is 1. The number of carbonyl (C=O) groups is 2. The molecular formula is C15H27KO4. The van der Waals surface area contributed by atoms with Gasteiger partial charge in [0.1, 0.15) is 0 Å². The molecule has 0 aliphatic heterocycles. The fraction of sp³-hybridized carbons (Fsp3) is 0.867. The van der Waals surface area contributed by atoms with Gasteiger partial charge in [0.2, 0.25) is 0 Å². The first-order chi connectivity index (χ1) is 8.92. The molecule has 0 amide bonds. The predicted molar refractivity (Wildman–Crippen MR) is 72.5 cm³/mol. The van der Waals surface area contributed by atoms with Crippen molar-refractivity contribution in [1.82, 2.24) is 0 Å². The van der Waals surface area contributed by atoms with E-state index in [9.17, 15) is 19.8 Å².